The second kappa shape index (κ2) is 8.35. The molecule has 4 rings (SSSR count). The Labute approximate surface area is 170 Å². The molecule has 1 aromatic heterocycles. The van der Waals surface area contributed by atoms with Crippen LogP contribution in [0.15, 0.2) is 0 Å². The monoisotopic (exact) mass is 405 g/mol. The van der Waals surface area contributed by atoms with E-state index in [9.17, 15) is 9.59 Å². The first-order valence-electron chi connectivity index (χ1n) is 10.7. The van der Waals surface area contributed by atoms with Crippen molar-refractivity contribution in [2.45, 2.75) is 64.8 Å². The molecule has 1 aromatic rings. The number of amides is 2. The zero-order valence-corrected chi connectivity index (χ0v) is 17.7. The van der Waals surface area contributed by atoms with Crippen molar-refractivity contribution in [1.29, 1.82) is 0 Å². The van der Waals surface area contributed by atoms with Crippen LogP contribution in [-0.4, -0.2) is 47.7 Å². The molecule has 7 nitrogen and oxygen atoms in total. The Morgan fingerprint density at radius 3 is 2.68 bits per heavy atom. The number of hydrogen-bond donors (Lipinski definition) is 1. The number of nitrogens with zero attached hydrogens (tertiary/aromatic N) is 4. The van der Waals surface area contributed by atoms with Crippen molar-refractivity contribution in [3.05, 3.63) is 0 Å². The molecule has 1 N–H and O–H groups in total. The van der Waals surface area contributed by atoms with Gasteiger partial charge in [-0.05, 0) is 37.5 Å². The van der Waals surface area contributed by atoms with Gasteiger partial charge in [-0.3, -0.25) is 14.5 Å². The van der Waals surface area contributed by atoms with E-state index in [1.165, 1.54) is 24.2 Å². The SMILES string of the molecule is C[C@@H]1[C@H](C)CCC[C@@H]1NC(=O)[C@@H]1CCCN(c2nnc(N3CCCC3=O)s2)C1. The molecule has 3 heterocycles. The number of aromatic nitrogens is 2. The maximum Gasteiger partial charge on any atom is 0.228 e. The fourth-order valence-corrected chi connectivity index (χ4v) is 5.67. The number of carbonyl (C=O) groups excluding carboxylic acids is 2. The highest BCUT2D eigenvalue weighted by Crippen LogP contribution is 2.33. The van der Waals surface area contributed by atoms with Crippen LogP contribution in [0.3, 0.4) is 0 Å². The Balaban J connectivity index is 1.37. The third-order valence-corrected chi connectivity index (χ3v) is 7.81. The zero-order valence-electron chi connectivity index (χ0n) is 16.9. The summed E-state index contributed by atoms with van der Waals surface area (Å²) in [6.45, 7) is 6.87. The molecule has 0 radical (unpaired) electrons. The van der Waals surface area contributed by atoms with E-state index in [1.54, 1.807) is 4.90 Å². The molecule has 3 fully saturated rings. The Bertz CT molecular complexity index is 723. The van der Waals surface area contributed by atoms with Crippen LogP contribution >= 0.6 is 11.3 Å². The molecule has 2 aliphatic heterocycles. The predicted octanol–water partition coefficient (Wildman–Crippen LogP) is 2.82. The van der Waals surface area contributed by atoms with Crippen molar-refractivity contribution in [3.8, 4) is 0 Å². The van der Waals surface area contributed by atoms with Gasteiger partial charge in [-0.15, -0.1) is 10.2 Å². The van der Waals surface area contributed by atoms with E-state index in [0.717, 1.165) is 43.9 Å². The third-order valence-electron chi connectivity index (χ3n) is 6.81. The van der Waals surface area contributed by atoms with E-state index in [1.807, 2.05) is 0 Å². The van der Waals surface area contributed by atoms with Crippen molar-refractivity contribution in [3.63, 3.8) is 0 Å². The minimum atomic E-state index is -0.000971. The average Bonchev–Trinajstić information content (AvgIpc) is 3.34. The molecule has 0 unspecified atom stereocenters. The molecule has 1 aliphatic carbocycles. The molecule has 0 aromatic carbocycles. The maximum absolute atomic E-state index is 12.9. The lowest BCUT2D eigenvalue weighted by molar-refractivity contribution is -0.126. The summed E-state index contributed by atoms with van der Waals surface area (Å²) in [5.41, 5.74) is 0. The van der Waals surface area contributed by atoms with Crippen molar-refractivity contribution >= 4 is 33.4 Å². The summed E-state index contributed by atoms with van der Waals surface area (Å²) in [7, 11) is 0. The molecule has 154 valence electrons. The summed E-state index contributed by atoms with van der Waals surface area (Å²) in [6.07, 6.45) is 6.95. The van der Waals surface area contributed by atoms with E-state index in [0.29, 0.717) is 36.0 Å². The number of piperidine rings is 1. The van der Waals surface area contributed by atoms with Gasteiger partial charge in [-0.25, -0.2) is 0 Å². The van der Waals surface area contributed by atoms with E-state index in [-0.39, 0.29) is 17.7 Å². The molecule has 2 saturated heterocycles. The molecule has 0 bridgehead atoms. The highest BCUT2D eigenvalue weighted by molar-refractivity contribution is 7.19. The molecular weight excluding hydrogens is 374 g/mol. The van der Waals surface area contributed by atoms with Crippen LogP contribution in [-0.2, 0) is 9.59 Å². The summed E-state index contributed by atoms with van der Waals surface area (Å²) in [6, 6.07) is 0.306. The molecule has 8 heteroatoms. The van der Waals surface area contributed by atoms with Gasteiger partial charge in [0.1, 0.15) is 0 Å². The molecule has 3 aliphatic rings. The molecule has 4 atom stereocenters. The Hall–Kier alpha value is -1.70. The van der Waals surface area contributed by atoms with E-state index >= 15 is 0 Å². The fourth-order valence-electron chi connectivity index (χ4n) is 4.75. The lowest BCUT2D eigenvalue weighted by Crippen LogP contribution is -2.49. The first kappa shape index (κ1) is 19.6. The molecular formula is C20H31N5O2S. The van der Waals surface area contributed by atoms with Gasteiger partial charge in [0.15, 0.2) is 0 Å². The van der Waals surface area contributed by atoms with E-state index in [4.69, 9.17) is 0 Å². The quantitative estimate of drug-likeness (QED) is 0.833. The van der Waals surface area contributed by atoms with Crippen LogP contribution in [0, 0.1) is 17.8 Å². The Morgan fingerprint density at radius 1 is 1.07 bits per heavy atom. The zero-order chi connectivity index (χ0) is 19.7. The maximum atomic E-state index is 12.9. The van der Waals surface area contributed by atoms with Crippen LogP contribution in [0.5, 0.6) is 0 Å². The molecule has 28 heavy (non-hydrogen) atoms. The van der Waals surface area contributed by atoms with Gasteiger partial charge in [-0.2, -0.15) is 0 Å². The number of rotatable bonds is 4. The summed E-state index contributed by atoms with van der Waals surface area (Å²) in [4.78, 5) is 28.8. The Kier molecular flexibility index (Phi) is 5.85. The van der Waals surface area contributed by atoms with Crippen LogP contribution in [0.4, 0.5) is 10.3 Å². The second-order valence-corrected chi connectivity index (χ2v) is 9.62. The largest absolute Gasteiger partial charge is 0.353 e. The minimum Gasteiger partial charge on any atom is -0.353 e. The van der Waals surface area contributed by atoms with Gasteiger partial charge >= 0.3 is 0 Å². The van der Waals surface area contributed by atoms with Crippen molar-refractivity contribution in [2.24, 2.45) is 17.8 Å². The third kappa shape index (κ3) is 4.02. The fraction of sp³-hybridized carbons (Fsp3) is 0.800. The first-order chi connectivity index (χ1) is 13.5. The van der Waals surface area contributed by atoms with Gasteiger partial charge in [-0.1, -0.05) is 38.0 Å². The van der Waals surface area contributed by atoms with Crippen LogP contribution in [0.1, 0.15) is 58.8 Å². The highest BCUT2D eigenvalue weighted by Gasteiger charge is 2.33. The predicted molar refractivity (Wildman–Crippen MR) is 111 cm³/mol. The normalized spacial score (nSPS) is 31.3. The second-order valence-electron chi connectivity index (χ2n) is 8.68. The summed E-state index contributed by atoms with van der Waals surface area (Å²) in [5, 5.41) is 13.4. The molecule has 1 saturated carbocycles. The van der Waals surface area contributed by atoms with Crippen molar-refractivity contribution in [1.82, 2.24) is 15.5 Å². The first-order valence-corrected chi connectivity index (χ1v) is 11.5. The van der Waals surface area contributed by atoms with Gasteiger partial charge < -0.3 is 10.2 Å². The standard InChI is InChI=1S/C20H31N5O2S/c1-13-6-3-8-16(14(13)2)21-18(27)15-7-4-10-24(12-15)19-22-23-20(28-19)25-11-5-9-17(25)26/h13-16H,3-12H2,1-2H3,(H,21,27)/t13-,14-,15-,16+/m1/s1. The average molecular weight is 406 g/mol. The van der Waals surface area contributed by atoms with Crippen LogP contribution in [0.25, 0.3) is 0 Å². The molecule has 2 amide bonds. The number of hydrogen-bond acceptors (Lipinski definition) is 6. The van der Waals surface area contributed by atoms with E-state index < -0.39 is 0 Å². The summed E-state index contributed by atoms with van der Waals surface area (Å²) < 4.78 is 0. The number of anilines is 2. The highest BCUT2D eigenvalue weighted by atomic mass is 32.1. The number of carbonyl (C=O) groups is 2. The van der Waals surface area contributed by atoms with Crippen LogP contribution < -0.4 is 15.1 Å². The van der Waals surface area contributed by atoms with E-state index in [2.05, 4.69) is 34.3 Å². The van der Waals surface area contributed by atoms with Crippen LogP contribution in [0.2, 0.25) is 0 Å². The van der Waals surface area contributed by atoms with Crippen molar-refractivity contribution < 1.29 is 9.59 Å². The lowest BCUT2D eigenvalue weighted by atomic mass is 9.78. The minimum absolute atomic E-state index is 0.000971. The summed E-state index contributed by atoms with van der Waals surface area (Å²) in [5.74, 6) is 1.54. The smallest absolute Gasteiger partial charge is 0.228 e. The topological polar surface area (TPSA) is 78.4 Å². The summed E-state index contributed by atoms with van der Waals surface area (Å²) >= 11 is 1.47. The lowest BCUT2D eigenvalue weighted by Gasteiger charge is -2.37. The van der Waals surface area contributed by atoms with Gasteiger partial charge in [0.05, 0.1) is 5.92 Å². The van der Waals surface area contributed by atoms with Gasteiger partial charge in [0, 0.05) is 32.1 Å². The van der Waals surface area contributed by atoms with Gasteiger partial charge in [0.25, 0.3) is 0 Å². The van der Waals surface area contributed by atoms with Crippen molar-refractivity contribution in [2.75, 3.05) is 29.4 Å². The number of nitrogens with one attached hydrogen (secondary N) is 1. The van der Waals surface area contributed by atoms with Gasteiger partial charge in [0.2, 0.25) is 22.1 Å². The Morgan fingerprint density at radius 2 is 1.89 bits per heavy atom. The molecule has 0 spiro atoms.